The van der Waals surface area contributed by atoms with Gasteiger partial charge in [0.25, 0.3) is 0 Å². The van der Waals surface area contributed by atoms with E-state index >= 15 is 0 Å². The molecule has 120 valence electrons. The highest BCUT2D eigenvalue weighted by Gasteiger charge is 2.18. The minimum Gasteiger partial charge on any atom is -0.481 e. The number of unbranched alkanes of at least 4 members (excludes halogenated alkanes) is 1. The van der Waals surface area contributed by atoms with Crippen molar-refractivity contribution >= 4 is 18.3 Å². The number of hydrogen-bond donors (Lipinski definition) is 3. The van der Waals surface area contributed by atoms with Gasteiger partial charge in [-0.25, -0.2) is 9.86 Å². The molecule has 1 unspecified atom stereocenters. The molecular formula is C15H19NO6. The molecule has 0 saturated heterocycles. The van der Waals surface area contributed by atoms with Crippen molar-refractivity contribution in [2.75, 3.05) is 6.54 Å². The van der Waals surface area contributed by atoms with Crippen LogP contribution in [-0.2, 0) is 16.0 Å². The number of benzene rings is 1. The molecule has 0 bridgehead atoms. The molecule has 0 spiro atoms. The van der Waals surface area contributed by atoms with Crippen molar-refractivity contribution in [3.63, 3.8) is 0 Å². The fourth-order valence-electron chi connectivity index (χ4n) is 2.15. The van der Waals surface area contributed by atoms with Gasteiger partial charge in [0.2, 0.25) is 6.41 Å². The summed E-state index contributed by atoms with van der Waals surface area (Å²) in [6.07, 6.45) is 1.97. The number of hydrogen-bond acceptors (Lipinski definition) is 4. The summed E-state index contributed by atoms with van der Waals surface area (Å²) >= 11 is 0. The molecule has 7 nitrogen and oxygen atoms in total. The van der Waals surface area contributed by atoms with Crippen LogP contribution in [-0.4, -0.2) is 45.4 Å². The molecule has 22 heavy (non-hydrogen) atoms. The van der Waals surface area contributed by atoms with Gasteiger partial charge in [-0.05, 0) is 37.0 Å². The number of nitrogens with zero attached hydrogens (tertiary/aromatic N) is 1. The topological polar surface area (TPSA) is 115 Å². The van der Waals surface area contributed by atoms with Gasteiger partial charge in [0.05, 0.1) is 11.5 Å². The van der Waals surface area contributed by atoms with Gasteiger partial charge in [0.15, 0.2) is 0 Å². The molecule has 0 saturated carbocycles. The summed E-state index contributed by atoms with van der Waals surface area (Å²) in [6, 6.07) is 6.21. The van der Waals surface area contributed by atoms with Crippen LogP contribution in [0.25, 0.3) is 0 Å². The van der Waals surface area contributed by atoms with Crippen LogP contribution in [0.4, 0.5) is 0 Å². The minimum absolute atomic E-state index is 0.128. The lowest BCUT2D eigenvalue weighted by molar-refractivity contribution is -0.150. The Labute approximate surface area is 127 Å². The zero-order valence-corrected chi connectivity index (χ0v) is 12.0. The number of carboxylic acid groups (broad SMARTS) is 2. The Balaban J connectivity index is 2.57. The number of carboxylic acids is 2. The fraction of sp³-hybridized carbons (Fsp3) is 0.400. The lowest BCUT2D eigenvalue weighted by atomic mass is 9.93. The maximum atomic E-state index is 11.3. The second kappa shape index (κ2) is 8.78. The number of aliphatic carboxylic acids is 1. The Morgan fingerprint density at radius 1 is 1.23 bits per heavy atom. The maximum Gasteiger partial charge on any atom is 0.335 e. The van der Waals surface area contributed by atoms with Crippen molar-refractivity contribution in [1.82, 2.24) is 5.06 Å². The maximum absolute atomic E-state index is 11.3. The van der Waals surface area contributed by atoms with Crippen LogP contribution in [0.5, 0.6) is 0 Å². The van der Waals surface area contributed by atoms with Crippen LogP contribution in [0.1, 0.15) is 35.2 Å². The van der Waals surface area contributed by atoms with E-state index in [2.05, 4.69) is 0 Å². The Hall–Kier alpha value is -2.41. The van der Waals surface area contributed by atoms with Crippen molar-refractivity contribution in [1.29, 1.82) is 0 Å². The molecule has 1 amide bonds. The van der Waals surface area contributed by atoms with Crippen molar-refractivity contribution in [3.05, 3.63) is 35.4 Å². The summed E-state index contributed by atoms with van der Waals surface area (Å²) < 4.78 is 0. The van der Waals surface area contributed by atoms with Crippen molar-refractivity contribution in [2.45, 2.75) is 25.7 Å². The monoisotopic (exact) mass is 309 g/mol. The zero-order chi connectivity index (χ0) is 16.5. The highest BCUT2D eigenvalue weighted by atomic mass is 16.5. The molecule has 0 aliphatic carbocycles. The van der Waals surface area contributed by atoms with Crippen LogP contribution in [0, 0.1) is 5.92 Å². The van der Waals surface area contributed by atoms with Gasteiger partial charge in [-0.1, -0.05) is 18.6 Å². The van der Waals surface area contributed by atoms with E-state index in [1.54, 1.807) is 12.1 Å². The second-order valence-corrected chi connectivity index (χ2v) is 5.01. The first-order chi connectivity index (χ1) is 10.4. The minimum atomic E-state index is -1.05. The molecule has 1 rings (SSSR count). The van der Waals surface area contributed by atoms with Crippen LogP contribution >= 0.6 is 0 Å². The van der Waals surface area contributed by atoms with Gasteiger partial charge in [-0.3, -0.25) is 14.8 Å². The number of hydroxylamine groups is 2. The molecule has 0 aromatic heterocycles. The van der Waals surface area contributed by atoms with Gasteiger partial charge < -0.3 is 10.2 Å². The largest absolute Gasteiger partial charge is 0.481 e. The van der Waals surface area contributed by atoms with Gasteiger partial charge in [0, 0.05) is 6.54 Å². The van der Waals surface area contributed by atoms with Gasteiger partial charge in [-0.2, -0.15) is 0 Å². The van der Waals surface area contributed by atoms with E-state index in [4.69, 9.17) is 10.3 Å². The van der Waals surface area contributed by atoms with Crippen molar-refractivity contribution in [2.24, 2.45) is 5.92 Å². The van der Waals surface area contributed by atoms with Gasteiger partial charge >= 0.3 is 11.9 Å². The van der Waals surface area contributed by atoms with E-state index in [-0.39, 0.29) is 18.5 Å². The first-order valence-electron chi connectivity index (χ1n) is 6.90. The van der Waals surface area contributed by atoms with Crippen LogP contribution in [0.3, 0.4) is 0 Å². The second-order valence-electron chi connectivity index (χ2n) is 5.01. The fourth-order valence-corrected chi connectivity index (χ4v) is 2.15. The van der Waals surface area contributed by atoms with E-state index in [0.717, 1.165) is 0 Å². The molecule has 1 aromatic rings. The first-order valence-corrected chi connectivity index (χ1v) is 6.90. The standard InChI is InChI=1S/C15H19NO6/c17-10-16(22)7-2-1-5-12(14(18)19)8-11-4-3-6-13(9-11)15(20)21/h3-4,6,9-10,12,22H,1-2,5,7-8H2,(H,18,19)(H,20,21). The van der Waals surface area contributed by atoms with E-state index in [0.29, 0.717) is 36.3 Å². The third-order valence-corrected chi connectivity index (χ3v) is 3.32. The molecule has 0 heterocycles. The van der Waals surface area contributed by atoms with Crippen molar-refractivity contribution in [3.8, 4) is 0 Å². The number of rotatable bonds is 10. The number of aromatic carboxylic acids is 1. The van der Waals surface area contributed by atoms with E-state index < -0.39 is 17.9 Å². The third-order valence-electron chi connectivity index (χ3n) is 3.32. The number of amides is 1. The predicted molar refractivity (Wildman–Crippen MR) is 76.6 cm³/mol. The smallest absolute Gasteiger partial charge is 0.335 e. The molecule has 1 atom stereocenters. The van der Waals surface area contributed by atoms with E-state index in [1.165, 1.54) is 12.1 Å². The molecule has 0 aliphatic rings. The van der Waals surface area contributed by atoms with Crippen molar-refractivity contribution < 1.29 is 29.8 Å². The Bertz CT molecular complexity index is 531. The molecule has 0 radical (unpaired) electrons. The Morgan fingerprint density at radius 2 is 1.95 bits per heavy atom. The molecule has 1 aromatic carbocycles. The van der Waals surface area contributed by atoms with Crippen LogP contribution < -0.4 is 0 Å². The molecular weight excluding hydrogens is 290 g/mol. The summed E-state index contributed by atoms with van der Waals surface area (Å²) in [4.78, 5) is 32.4. The lowest BCUT2D eigenvalue weighted by Gasteiger charge is -2.13. The van der Waals surface area contributed by atoms with Crippen LogP contribution in [0.2, 0.25) is 0 Å². The zero-order valence-electron chi connectivity index (χ0n) is 12.0. The predicted octanol–water partition coefficient (Wildman–Crippen LogP) is 1.65. The number of carbonyl (C=O) groups excluding carboxylic acids is 1. The quantitative estimate of drug-likeness (QED) is 0.262. The average molecular weight is 309 g/mol. The molecule has 7 heteroatoms. The first kappa shape index (κ1) is 17.6. The molecule has 0 fully saturated rings. The van der Waals surface area contributed by atoms with Gasteiger partial charge in [-0.15, -0.1) is 0 Å². The molecule has 3 N–H and O–H groups in total. The highest BCUT2D eigenvalue weighted by molar-refractivity contribution is 5.87. The average Bonchev–Trinajstić information content (AvgIpc) is 2.49. The van der Waals surface area contributed by atoms with Gasteiger partial charge in [0.1, 0.15) is 0 Å². The Kier molecular flexibility index (Phi) is 7.04. The van der Waals surface area contributed by atoms with Crippen LogP contribution in [0.15, 0.2) is 24.3 Å². The normalized spacial score (nSPS) is 11.7. The summed E-state index contributed by atoms with van der Waals surface area (Å²) in [5, 5.41) is 27.6. The summed E-state index contributed by atoms with van der Waals surface area (Å²) in [5.41, 5.74) is 0.785. The summed E-state index contributed by atoms with van der Waals surface area (Å²) in [7, 11) is 0. The lowest BCUT2D eigenvalue weighted by Crippen LogP contribution is -2.20. The SMILES string of the molecule is O=CN(O)CCCCC(Cc1cccc(C(=O)O)c1)C(=O)O. The van der Waals surface area contributed by atoms with E-state index in [9.17, 15) is 19.5 Å². The van der Waals surface area contributed by atoms with E-state index in [1.807, 2.05) is 0 Å². The summed E-state index contributed by atoms with van der Waals surface area (Å²) in [6.45, 7) is 0.157. The third kappa shape index (κ3) is 5.92. The molecule has 0 aliphatic heterocycles. The Morgan fingerprint density at radius 3 is 2.55 bits per heavy atom. The number of carbonyl (C=O) groups is 3. The summed E-state index contributed by atoms with van der Waals surface area (Å²) in [5.74, 6) is -2.63. The highest BCUT2D eigenvalue weighted by Crippen LogP contribution is 2.17.